The summed E-state index contributed by atoms with van der Waals surface area (Å²) in [5.74, 6) is -0.266. The quantitative estimate of drug-likeness (QED) is 0.367. The highest BCUT2D eigenvalue weighted by atomic mass is 35.5. The SMILES string of the molecule is CN1CC(CC(=O)c2ccc3c(-c4ccccc4Cl)nn(-c4ccc(F)cc4)c3c2)CC1=O. The Balaban J connectivity index is 1.60. The predicted molar refractivity (Wildman–Crippen MR) is 126 cm³/mol. The minimum atomic E-state index is -0.339. The van der Waals surface area contributed by atoms with E-state index in [0.29, 0.717) is 41.4 Å². The number of halogens is 2. The van der Waals surface area contributed by atoms with Crippen molar-refractivity contribution in [2.45, 2.75) is 12.8 Å². The minimum Gasteiger partial charge on any atom is -0.345 e. The third kappa shape index (κ3) is 4.02. The summed E-state index contributed by atoms with van der Waals surface area (Å²) in [5, 5.41) is 6.19. The number of rotatable bonds is 5. The fourth-order valence-electron chi connectivity index (χ4n) is 4.39. The largest absolute Gasteiger partial charge is 0.345 e. The molecule has 1 fully saturated rings. The highest BCUT2D eigenvalue weighted by Crippen LogP contribution is 2.35. The molecule has 5 nitrogen and oxygen atoms in total. The molecule has 3 aromatic carbocycles. The topological polar surface area (TPSA) is 55.2 Å². The van der Waals surface area contributed by atoms with E-state index in [1.54, 1.807) is 40.9 Å². The number of benzene rings is 3. The first-order valence-electron chi connectivity index (χ1n) is 10.7. The number of amides is 1. The Morgan fingerprint density at radius 3 is 2.58 bits per heavy atom. The molecule has 0 saturated carbocycles. The first-order valence-corrected chi connectivity index (χ1v) is 11.1. The maximum atomic E-state index is 13.5. The Hall–Kier alpha value is -3.51. The minimum absolute atomic E-state index is 0.0175. The molecule has 0 bridgehead atoms. The van der Waals surface area contributed by atoms with Gasteiger partial charge in [0.1, 0.15) is 11.5 Å². The van der Waals surface area contributed by atoms with Gasteiger partial charge in [0, 0.05) is 42.9 Å². The van der Waals surface area contributed by atoms with Gasteiger partial charge in [0.25, 0.3) is 0 Å². The van der Waals surface area contributed by atoms with Crippen LogP contribution in [0.15, 0.2) is 66.7 Å². The van der Waals surface area contributed by atoms with Crippen LogP contribution < -0.4 is 0 Å². The number of aromatic nitrogens is 2. The zero-order valence-electron chi connectivity index (χ0n) is 18.0. The molecule has 0 aliphatic carbocycles. The highest BCUT2D eigenvalue weighted by Gasteiger charge is 2.29. The molecule has 0 spiro atoms. The van der Waals surface area contributed by atoms with Gasteiger partial charge in [-0.1, -0.05) is 35.9 Å². The lowest BCUT2D eigenvalue weighted by Crippen LogP contribution is -2.19. The number of nitrogens with zero attached hydrogens (tertiary/aromatic N) is 3. The van der Waals surface area contributed by atoms with Crippen molar-refractivity contribution in [3.63, 3.8) is 0 Å². The van der Waals surface area contributed by atoms with Crippen LogP contribution in [0.3, 0.4) is 0 Å². The molecule has 1 amide bonds. The summed E-state index contributed by atoms with van der Waals surface area (Å²) < 4.78 is 15.2. The molecule has 0 radical (unpaired) electrons. The Morgan fingerprint density at radius 2 is 1.88 bits per heavy atom. The van der Waals surface area contributed by atoms with Crippen LogP contribution >= 0.6 is 11.6 Å². The summed E-state index contributed by atoms with van der Waals surface area (Å²) in [6.45, 7) is 0.594. The van der Waals surface area contributed by atoms with E-state index in [1.807, 2.05) is 30.3 Å². The molecular formula is C26H21ClFN3O2. The van der Waals surface area contributed by atoms with Crippen LogP contribution in [0.4, 0.5) is 4.39 Å². The van der Waals surface area contributed by atoms with Crippen LogP contribution in [0.1, 0.15) is 23.2 Å². The van der Waals surface area contributed by atoms with Crippen LogP contribution in [0.2, 0.25) is 5.02 Å². The average molecular weight is 462 g/mol. The number of hydrogen-bond donors (Lipinski definition) is 0. The third-order valence-electron chi connectivity index (χ3n) is 6.10. The maximum Gasteiger partial charge on any atom is 0.222 e. The third-order valence-corrected chi connectivity index (χ3v) is 6.43. The first-order chi connectivity index (χ1) is 15.9. The molecule has 7 heteroatoms. The molecule has 1 aliphatic heterocycles. The van der Waals surface area contributed by atoms with E-state index in [0.717, 1.165) is 16.5 Å². The summed E-state index contributed by atoms with van der Waals surface area (Å²) in [4.78, 5) is 26.6. The Labute approximate surface area is 195 Å². The second-order valence-electron chi connectivity index (χ2n) is 8.42. The fraction of sp³-hybridized carbons (Fsp3) is 0.192. The summed E-state index contributed by atoms with van der Waals surface area (Å²) in [6, 6.07) is 19.0. The standard InChI is InChI=1S/C26H21ClFN3O2/c1-30-15-16(13-25(30)33)12-24(32)17-6-11-21-23(14-17)31(19-9-7-18(28)8-10-19)29-26(21)20-4-2-3-5-22(20)27/h2-11,14,16H,12-13,15H2,1H3. The molecule has 166 valence electrons. The van der Waals surface area contributed by atoms with E-state index >= 15 is 0 Å². The van der Waals surface area contributed by atoms with Gasteiger partial charge in [-0.3, -0.25) is 9.59 Å². The van der Waals surface area contributed by atoms with Crippen LogP contribution in [-0.4, -0.2) is 40.0 Å². The smallest absolute Gasteiger partial charge is 0.222 e. The Kier molecular flexibility index (Phi) is 5.46. The van der Waals surface area contributed by atoms with E-state index in [9.17, 15) is 14.0 Å². The van der Waals surface area contributed by atoms with E-state index < -0.39 is 0 Å². The van der Waals surface area contributed by atoms with Crippen LogP contribution in [0.25, 0.3) is 27.8 Å². The number of fused-ring (bicyclic) bond motifs is 1. The van der Waals surface area contributed by atoms with Crippen molar-refractivity contribution in [2.75, 3.05) is 13.6 Å². The number of carbonyl (C=O) groups excluding carboxylic acids is 2. The van der Waals surface area contributed by atoms with Gasteiger partial charge in [-0.25, -0.2) is 9.07 Å². The van der Waals surface area contributed by atoms with Crippen molar-refractivity contribution in [3.05, 3.63) is 83.1 Å². The normalized spacial score (nSPS) is 16.0. The molecule has 4 aromatic rings. The van der Waals surface area contributed by atoms with E-state index in [4.69, 9.17) is 16.7 Å². The van der Waals surface area contributed by atoms with E-state index in [2.05, 4.69) is 0 Å². The number of Topliss-reactive ketones (excluding diaryl/α,β-unsaturated/α-hetero) is 1. The van der Waals surface area contributed by atoms with Crippen LogP contribution in [-0.2, 0) is 4.79 Å². The van der Waals surface area contributed by atoms with Crippen molar-refractivity contribution >= 4 is 34.2 Å². The molecule has 5 rings (SSSR count). The van der Waals surface area contributed by atoms with E-state index in [-0.39, 0.29) is 23.4 Å². The number of likely N-dealkylation sites (tertiary alicyclic amines) is 1. The van der Waals surface area contributed by atoms with E-state index in [1.165, 1.54) is 12.1 Å². The van der Waals surface area contributed by atoms with Crippen molar-refractivity contribution < 1.29 is 14.0 Å². The second-order valence-corrected chi connectivity index (χ2v) is 8.83. The summed E-state index contributed by atoms with van der Waals surface area (Å²) >= 11 is 6.45. The molecule has 1 aliphatic rings. The zero-order chi connectivity index (χ0) is 23.1. The van der Waals surface area contributed by atoms with Gasteiger partial charge in [0.2, 0.25) is 5.91 Å². The monoisotopic (exact) mass is 461 g/mol. The lowest BCUT2D eigenvalue weighted by Gasteiger charge is -2.10. The summed E-state index contributed by atoms with van der Waals surface area (Å²) in [6.07, 6.45) is 0.707. The summed E-state index contributed by atoms with van der Waals surface area (Å²) in [7, 11) is 1.76. The first kappa shape index (κ1) is 21.3. The predicted octanol–water partition coefficient (Wildman–Crippen LogP) is 5.54. The molecule has 2 heterocycles. The maximum absolute atomic E-state index is 13.5. The molecular weight excluding hydrogens is 441 g/mol. The van der Waals surface area contributed by atoms with Crippen molar-refractivity contribution in [2.24, 2.45) is 5.92 Å². The van der Waals surface area contributed by atoms with Gasteiger partial charge in [0.05, 0.1) is 16.2 Å². The van der Waals surface area contributed by atoms with Gasteiger partial charge in [0.15, 0.2) is 5.78 Å². The number of hydrogen-bond acceptors (Lipinski definition) is 3. The number of carbonyl (C=O) groups is 2. The van der Waals surface area contributed by atoms with Crippen molar-refractivity contribution in [3.8, 4) is 16.9 Å². The van der Waals surface area contributed by atoms with Crippen LogP contribution in [0, 0.1) is 11.7 Å². The second kappa shape index (κ2) is 8.45. The molecule has 1 unspecified atom stereocenters. The Morgan fingerprint density at radius 1 is 1.12 bits per heavy atom. The van der Waals surface area contributed by atoms with Crippen molar-refractivity contribution in [1.29, 1.82) is 0 Å². The molecule has 0 N–H and O–H groups in total. The average Bonchev–Trinajstić information content (AvgIpc) is 3.33. The lowest BCUT2D eigenvalue weighted by atomic mass is 9.96. The lowest BCUT2D eigenvalue weighted by molar-refractivity contribution is -0.126. The molecule has 1 atom stereocenters. The van der Waals surface area contributed by atoms with Gasteiger partial charge in [-0.05, 0) is 48.4 Å². The van der Waals surface area contributed by atoms with Crippen molar-refractivity contribution in [1.82, 2.24) is 14.7 Å². The van der Waals surface area contributed by atoms with Gasteiger partial charge in [-0.2, -0.15) is 5.10 Å². The molecule has 1 saturated heterocycles. The van der Waals surface area contributed by atoms with Gasteiger partial charge < -0.3 is 4.90 Å². The fourth-order valence-corrected chi connectivity index (χ4v) is 4.62. The van der Waals surface area contributed by atoms with Crippen LogP contribution in [0.5, 0.6) is 0 Å². The van der Waals surface area contributed by atoms with Gasteiger partial charge in [-0.15, -0.1) is 0 Å². The molecule has 1 aromatic heterocycles. The molecule has 33 heavy (non-hydrogen) atoms. The number of ketones is 1. The summed E-state index contributed by atoms with van der Waals surface area (Å²) in [5.41, 5.74) is 3.41. The highest BCUT2D eigenvalue weighted by molar-refractivity contribution is 6.33. The van der Waals surface area contributed by atoms with Gasteiger partial charge >= 0.3 is 0 Å². The Bertz CT molecular complexity index is 1380. The zero-order valence-corrected chi connectivity index (χ0v) is 18.7.